The minimum atomic E-state index is -0.703. The number of imide groups is 1. The number of carbonyl (C=O) groups is 4. The third-order valence-electron chi connectivity index (χ3n) is 6.14. The van der Waals surface area contributed by atoms with Crippen LogP contribution in [0.4, 0.5) is 11.4 Å². The molecule has 3 aromatic carbocycles. The summed E-state index contributed by atoms with van der Waals surface area (Å²) in [6.45, 7) is 0.407. The average molecular weight is 564 g/mol. The van der Waals surface area contributed by atoms with Gasteiger partial charge in [0.15, 0.2) is 11.5 Å². The van der Waals surface area contributed by atoms with Crippen LogP contribution in [-0.4, -0.2) is 51.6 Å². The minimum absolute atomic E-state index is 0.101. The fraction of sp³-hybridized carbons (Fsp3) is 0.172. The van der Waals surface area contributed by atoms with Gasteiger partial charge in [0.25, 0.3) is 17.7 Å². The third kappa shape index (κ3) is 5.92. The van der Waals surface area contributed by atoms with Crippen LogP contribution in [0.5, 0.6) is 11.5 Å². The number of amides is 3. The maximum Gasteiger partial charge on any atom is 0.337 e. The maximum absolute atomic E-state index is 13.0. The Morgan fingerprint density at radius 1 is 0.825 bits per heavy atom. The summed E-state index contributed by atoms with van der Waals surface area (Å²) in [4.78, 5) is 50.9. The summed E-state index contributed by atoms with van der Waals surface area (Å²) in [6, 6.07) is 17.8. The second-order valence-corrected chi connectivity index (χ2v) is 8.95. The molecule has 10 nitrogen and oxygen atoms in total. The Morgan fingerprint density at radius 2 is 1.48 bits per heavy atom. The molecule has 0 atom stereocenters. The van der Waals surface area contributed by atoms with E-state index in [1.165, 1.54) is 31.4 Å². The standard InChI is InChI=1S/C29H26ClN3O7/c1-38-22-13-4-17(16-23(22)39-2)14-15-31-26(34)18-5-9-20(10-6-18)32-25-24(30)27(35)33(28(25)36)21-11-7-19(8-12-21)29(37)40-3/h4-13,16,32H,14-15H2,1-3H3,(H,31,34). The zero-order valence-electron chi connectivity index (χ0n) is 21.9. The molecule has 0 saturated heterocycles. The van der Waals surface area contributed by atoms with Gasteiger partial charge in [0.05, 0.1) is 32.6 Å². The molecule has 3 aromatic rings. The van der Waals surface area contributed by atoms with Crippen LogP contribution in [0.2, 0.25) is 0 Å². The SMILES string of the molecule is COC(=O)c1ccc(N2C(=O)C(Cl)=C(Nc3ccc(C(=O)NCCc4ccc(OC)c(OC)c4)cc3)C2=O)cc1. The first-order chi connectivity index (χ1) is 19.3. The van der Waals surface area contributed by atoms with Gasteiger partial charge in [-0.05, 0) is 72.6 Å². The monoisotopic (exact) mass is 563 g/mol. The molecule has 40 heavy (non-hydrogen) atoms. The van der Waals surface area contributed by atoms with Crippen molar-refractivity contribution in [2.75, 3.05) is 38.1 Å². The molecule has 206 valence electrons. The Balaban J connectivity index is 1.36. The zero-order valence-corrected chi connectivity index (χ0v) is 22.7. The molecular weight excluding hydrogens is 538 g/mol. The van der Waals surface area contributed by atoms with Crippen molar-refractivity contribution < 1.29 is 33.4 Å². The van der Waals surface area contributed by atoms with Gasteiger partial charge in [0, 0.05) is 17.8 Å². The fourth-order valence-electron chi connectivity index (χ4n) is 4.02. The Hall–Kier alpha value is -4.83. The number of hydrogen-bond donors (Lipinski definition) is 2. The maximum atomic E-state index is 13.0. The number of anilines is 2. The van der Waals surface area contributed by atoms with E-state index in [1.807, 2.05) is 18.2 Å². The highest BCUT2D eigenvalue weighted by molar-refractivity contribution is 6.53. The molecule has 0 radical (unpaired) electrons. The van der Waals surface area contributed by atoms with Crippen molar-refractivity contribution >= 4 is 46.7 Å². The van der Waals surface area contributed by atoms with E-state index in [0.717, 1.165) is 10.5 Å². The van der Waals surface area contributed by atoms with Gasteiger partial charge < -0.3 is 24.8 Å². The molecule has 11 heteroatoms. The molecule has 0 spiro atoms. The zero-order chi connectivity index (χ0) is 28.8. The molecule has 1 aliphatic heterocycles. The van der Waals surface area contributed by atoms with E-state index in [1.54, 1.807) is 38.5 Å². The van der Waals surface area contributed by atoms with E-state index in [4.69, 9.17) is 21.1 Å². The number of methoxy groups -OCH3 is 3. The third-order valence-corrected chi connectivity index (χ3v) is 6.49. The number of esters is 1. The van der Waals surface area contributed by atoms with Crippen molar-refractivity contribution in [3.05, 3.63) is 94.1 Å². The summed E-state index contributed by atoms with van der Waals surface area (Å²) in [5.74, 6) is -0.918. The number of rotatable bonds is 10. The number of carbonyl (C=O) groups excluding carboxylic acids is 4. The van der Waals surface area contributed by atoms with Gasteiger partial charge in [0.2, 0.25) is 0 Å². The van der Waals surface area contributed by atoms with Gasteiger partial charge in [-0.15, -0.1) is 0 Å². The van der Waals surface area contributed by atoms with E-state index in [0.29, 0.717) is 35.7 Å². The van der Waals surface area contributed by atoms with Crippen molar-refractivity contribution in [2.24, 2.45) is 0 Å². The van der Waals surface area contributed by atoms with E-state index >= 15 is 0 Å². The van der Waals surface area contributed by atoms with Crippen LogP contribution < -0.4 is 25.0 Å². The summed E-state index contributed by atoms with van der Waals surface area (Å²) in [6.07, 6.45) is 0.594. The van der Waals surface area contributed by atoms with Crippen LogP contribution in [0.15, 0.2) is 77.5 Å². The Labute approximate surface area is 235 Å². The lowest BCUT2D eigenvalue weighted by Crippen LogP contribution is -2.32. The van der Waals surface area contributed by atoms with Crippen LogP contribution in [0, 0.1) is 0 Å². The first-order valence-corrected chi connectivity index (χ1v) is 12.5. The quantitative estimate of drug-likeness (QED) is 0.281. The van der Waals surface area contributed by atoms with Crippen molar-refractivity contribution in [2.45, 2.75) is 6.42 Å². The van der Waals surface area contributed by atoms with Crippen molar-refractivity contribution in [1.29, 1.82) is 0 Å². The summed E-state index contributed by atoms with van der Waals surface area (Å²) in [5, 5.41) is 5.46. The topological polar surface area (TPSA) is 123 Å². The molecule has 0 aliphatic carbocycles. The van der Waals surface area contributed by atoms with E-state index in [9.17, 15) is 19.2 Å². The lowest BCUT2D eigenvalue weighted by atomic mass is 10.1. The van der Waals surface area contributed by atoms with E-state index < -0.39 is 17.8 Å². The largest absolute Gasteiger partial charge is 0.493 e. The summed E-state index contributed by atoms with van der Waals surface area (Å²) >= 11 is 6.20. The smallest absolute Gasteiger partial charge is 0.337 e. The molecule has 0 fully saturated rings. The normalized spacial score (nSPS) is 12.8. The predicted molar refractivity (Wildman–Crippen MR) is 149 cm³/mol. The van der Waals surface area contributed by atoms with Crippen LogP contribution in [-0.2, 0) is 20.7 Å². The number of nitrogens with one attached hydrogen (secondary N) is 2. The van der Waals surface area contributed by atoms with Crippen molar-refractivity contribution in [1.82, 2.24) is 5.32 Å². The van der Waals surface area contributed by atoms with Gasteiger partial charge in [-0.2, -0.15) is 0 Å². The highest BCUT2D eigenvalue weighted by atomic mass is 35.5. The number of hydrogen-bond acceptors (Lipinski definition) is 8. The molecule has 0 aromatic heterocycles. The van der Waals surface area contributed by atoms with Crippen molar-refractivity contribution in [3.63, 3.8) is 0 Å². The number of ether oxygens (including phenoxy) is 3. The van der Waals surface area contributed by atoms with Crippen LogP contribution >= 0.6 is 11.6 Å². The second-order valence-electron chi connectivity index (χ2n) is 8.57. The lowest BCUT2D eigenvalue weighted by Gasteiger charge is -2.15. The van der Waals surface area contributed by atoms with Crippen LogP contribution in [0.3, 0.4) is 0 Å². The summed E-state index contributed by atoms with van der Waals surface area (Å²) < 4.78 is 15.2. The molecule has 1 heterocycles. The highest BCUT2D eigenvalue weighted by Gasteiger charge is 2.39. The molecule has 2 N–H and O–H groups in total. The second kappa shape index (κ2) is 12.4. The average Bonchev–Trinajstić information content (AvgIpc) is 3.19. The lowest BCUT2D eigenvalue weighted by molar-refractivity contribution is -0.120. The molecule has 4 rings (SSSR count). The van der Waals surface area contributed by atoms with Gasteiger partial charge >= 0.3 is 5.97 Å². The van der Waals surface area contributed by atoms with Gasteiger partial charge in [-0.1, -0.05) is 17.7 Å². The predicted octanol–water partition coefficient (Wildman–Crippen LogP) is 3.90. The highest BCUT2D eigenvalue weighted by Crippen LogP contribution is 2.31. The van der Waals surface area contributed by atoms with Gasteiger partial charge in [-0.25, -0.2) is 9.69 Å². The number of nitrogens with zero attached hydrogens (tertiary/aromatic N) is 1. The van der Waals surface area contributed by atoms with Crippen molar-refractivity contribution in [3.8, 4) is 11.5 Å². The Kier molecular flexibility index (Phi) is 8.70. The summed E-state index contributed by atoms with van der Waals surface area (Å²) in [5.41, 5.74) is 2.27. The van der Waals surface area contributed by atoms with Gasteiger partial charge in [0.1, 0.15) is 10.7 Å². The first kappa shape index (κ1) is 28.2. The van der Waals surface area contributed by atoms with Crippen LogP contribution in [0.1, 0.15) is 26.3 Å². The van der Waals surface area contributed by atoms with Crippen LogP contribution in [0.25, 0.3) is 0 Å². The molecule has 3 amide bonds. The van der Waals surface area contributed by atoms with Gasteiger partial charge in [-0.3, -0.25) is 14.4 Å². The number of benzene rings is 3. The Morgan fingerprint density at radius 3 is 2.10 bits per heavy atom. The molecule has 1 aliphatic rings. The first-order valence-electron chi connectivity index (χ1n) is 12.1. The molecule has 0 bridgehead atoms. The Bertz CT molecular complexity index is 1480. The summed E-state index contributed by atoms with van der Waals surface area (Å²) in [7, 11) is 4.39. The van der Waals surface area contributed by atoms with E-state index in [2.05, 4.69) is 15.4 Å². The number of halogens is 1. The van der Waals surface area contributed by atoms with E-state index in [-0.39, 0.29) is 27.9 Å². The fourth-order valence-corrected chi connectivity index (χ4v) is 4.23. The molecular formula is C29H26ClN3O7. The minimum Gasteiger partial charge on any atom is -0.493 e. The molecule has 0 saturated carbocycles. The molecule has 0 unspecified atom stereocenters.